The molecule has 0 amide bonds. The second-order valence-corrected chi connectivity index (χ2v) is 4.41. The molecule has 1 aromatic heterocycles. The van der Waals surface area contributed by atoms with Crippen LogP contribution in [0.5, 0.6) is 5.88 Å². The summed E-state index contributed by atoms with van der Waals surface area (Å²) < 4.78 is 5.48. The highest BCUT2D eigenvalue weighted by Crippen LogP contribution is 2.18. The maximum Gasteiger partial charge on any atom is 0.234 e. The van der Waals surface area contributed by atoms with Crippen LogP contribution in [0.15, 0.2) is 12.4 Å². The Morgan fingerprint density at radius 1 is 1.53 bits per heavy atom. The average Bonchev–Trinajstić information content (AvgIpc) is 2.37. The molecule has 1 unspecified atom stereocenters. The third kappa shape index (κ3) is 3.30. The predicted octanol–water partition coefficient (Wildman–Crippen LogP) is 1.19. The fourth-order valence-corrected chi connectivity index (χ4v) is 1.98. The molecule has 2 N–H and O–H groups in total. The van der Waals surface area contributed by atoms with Gasteiger partial charge in [-0.05, 0) is 19.3 Å². The van der Waals surface area contributed by atoms with E-state index in [1.165, 1.54) is 0 Å². The van der Waals surface area contributed by atoms with Crippen LogP contribution in [-0.4, -0.2) is 35.7 Å². The van der Waals surface area contributed by atoms with Crippen molar-refractivity contribution >= 4 is 5.82 Å². The SMILES string of the molecule is CCCOc1cncc(N2CCCC(N)C2)n1. The summed E-state index contributed by atoms with van der Waals surface area (Å²) in [5.74, 6) is 1.47. The summed E-state index contributed by atoms with van der Waals surface area (Å²) in [5.41, 5.74) is 5.96. The summed E-state index contributed by atoms with van der Waals surface area (Å²) in [6.45, 7) is 4.60. The Bertz CT molecular complexity index is 358. The van der Waals surface area contributed by atoms with Crippen molar-refractivity contribution in [2.45, 2.75) is 32.2 Å². The van der Waals surface area contributed by atoms with E-state index in [2.05, 4.69) is 21.8 Å². The van der Waals surface area contributed by atoms with E-state index in [1.807, 2.05) is 0 Å². The molecule has 2 heterocycles. The van der Waals surface area contributed by atoms with Gasteiger partial charge in [0.1, 0.15) is 0 Å². The fraction of sp³-hybridized carbons (Fsp3) is 0.667. The first-order chi connectivity index (χ1) is 8.29. The number of hydrogen-bond donors (Lipinski definition) is 1. The highest BCUT2D eigenvalue weighted by molar-refractivity contribution is 5.38. The van der Waals surface area contributed by atoms with Crippen molar-refractivity contribution in [3.63, 3.8) is 0 Å². The highest BCUT2D eigenvalue weighted by Gasteiger charge is 2.18. The lowest BCUT2D eigenvalue weighted by Gasteiger charge is -2.31. The molecular weight excluding hydrogens is 216 g/mol. The molecule has 17 heavy (non-hydrogen) atoms. The van der Waals surface area contributed by atoms with Crippen molar-refractivity contribution in [2.75, 3.05) is 24.6 Å². The van der Waals surface area contributed by atoms with E-state index >= 15 is 0 Å². The third-order valence-electron chi connectivity index (χ3n) is 2.84. The van der Waals surface area contributed by atoms with Gasteiger partial charge in [-0.2, -0.15) is 4.98 Å². The number of piperidine rings is 1. The monoisotopic (exact) mass is 236 g/mol. The number of anilines is 1. The number of hydrogen-bond acceptors (Lipinski definition) is 5. The van der Waals surface area contributed by atoms with Gasteiger partial charge in [-0.15, -0.1) is 0 Å². The molecule has 1 aromatic rings. The van der Waals surface area contributed by atoms with Gasteiger partial charge in [0.15, 0.2) is 5.82 Å². The number of nitrogens with two attached hydrogens (primary N) is 1. The largest absolute Gasteiger partial charge is 0.477 e. The highest BCUT2D eigenvalue weighted by atomic mass is 16.5. The van der Waals surface area contributed by atoms with E-state index in [0.717, 1.165) is 38.2 Å². The lowest BCUT2D eigenvalue weighted by Crippen LogP contribution is -2.43. The van der Waals surface area contributed by atoms with Gasteiger partial charge in [-0.3, -0.25) is 4.98 Å². The fourth-order valence-electron chi connectivity index (χ4n) is 1.98. The molecule has 1 aliphatic heterocycles. The summed E-state index contributed by atoms with van der Waals surface area (Å²) in [7, 11) is 0. The van der Waals surface area contributed by atoms with Crippen LogP contribution in [0.1, 0.15) is 26.2 Å². The van der Waals surface area contributed by atoms with Crippen LogP contribution in [0, 0.1) is 0 Å². The Labute approximate surface area is 102 Å². The van der Waals surface area contributed by atoms with Crippen LogP contribution < -0.4 is 15.4 Å². The zero-order chi connectivity index (χ0) is 12.1. The molecule has 1 saturated heterocycles. The number of ether oxygens (including phenoxy) is 1. The van der Waals surface area contributed by atoms with Crippen LogP contribution in [0.3, 0.4) is 0 Å². The van der Waals surface area contributed by atoms with Crippen molar-refractivity contribution in [1.82, 2.24) is 9.97 Å². The normalized spacial score (nSPS) is 20.4. The zero-order valence-electron chi connectivity index (χ0n) is 10.3. The number of nitrogens with zero attached hydrogens (tertiary/aromatic N) is 3. The van der Waals surface area contributed by atoms with Gasteiger partial charge >= 0.3 is 0 Å². The van der Waals surface area contributed by atoms with Crippen LogP contribution >= 0.6 is 0 Å². The molecule has 0 spiro atoms. The van der Waals surface area contributed by atoms with E-state index in [4.69, 9.17) is 10.5 Å². The first-order valence-electron chi connectivity index (χ1n) is 6.25. The summed E-state index contributed by atoms with van der Waals surface area (Å²) in [4.78, 5) is 10.8. The molecule has 1 atom stereocenters. The van der Waals surface area contributed by atoms with Gasteiger partial charge in [0, 0.05) is 19.1 Å². The van der Waals surface area contributed by atoms with Gasteiger partial charge in [-0.1, -0.05) is 6.92 Å². The Hall–Kier alpha value is -1.36. The van der Waals surface area contributed by atoms with Crippen molar-refractivity contribution in [1.29, 1.82) is 0 Å². The quantitative estimate of drug-likeness (QED) is 0.850. The van der Waals surface area contributed by atoms with Crippen molar-refractivity contribution in [3.05, 3.63) is 12.4 Å². The van der Waals surface area contributed by atoms with Crippen molar-refractivity contribution in [2.24, 2.45) is 5.73 Å². The second-order valence-electron chi connectivity index (χ2n) is 4.41. The molecule has 5 nitrogen and oxygen atoms in total. The molecular formula is C12H20N4O. The summed E-state index contributed by atoms with van der Waals surface area (Å²) in [6.07, 6.45) is 6.61. The van der Waals surface area contributed by atoms with Crippen molar-refractivity contribution in [3.8, 4) is 5.88 Å². The molecule has 1 fully saturated rings. The lowest BCUT2D eigenvalue weighted by molar-refractivity contribution is 0.303. The Balaban J connectivity index is 2.04. The molecule has 5 heteroatoms. The summed E-state index contributed by atoms with van der Waals surface area (Å²) >= 11 is 0. The molecule has 0 aliphatic carbocycles. The van der Waals surface area contributed by atoms with Crippen LogP contribution in [0.4, 0.5) is 5.82 Å². The zero-order valence-corrected chi connectivity index (χ0v) is 10.3. The van der Waals surface area contributed by atoms with E-state index in [0.29, 0.717) is 12.5 Å². The summed E-state index contributed by atoms with van der Waals surface area (Å²) in [5, 5.41) is 0. The van der Waals surface area contributed by atoms with Crippen LogP contribution in [0.25, 0.3) is 0 Å². The second kappa shape index (κ2) is 5.82. The smallest absolute Gasteiger partial charge is 0.234 e. The maximum atomic E-state index is 5.96. The topological polar surface area (TPSA) is 64.3 Å². The van der Waals surface area contributed by atoms with Gasteiger partial charge in [0.25, 0.3) is 0 Å². The van der Waals surface area contributed by atoms with Gasteiger partial charge < -0.3 is 15.4 Å². The Morgan fingerprint density at radius 2 is 2.41 bits per heavy atom. The van der Waals surface area contributed by atoms with E-state index in [-0.39, 0.29) is 6.04 Å². The first-order valence-corrected chi connectivity index (χ1v) is 6.25. The van der Waals surface area contributed by atoms with E-state index in [9.17, 15) is 0 Å². The summed E-state index contributed by atoms with van der Waals surface area (Å²) in [6, 6.07) is 0.241. The van der Waals surface area contributed by atoms with E-state index < -0.39 is 0 Å². The standard InChI is InChI=1S/C12H20N4O/c1-2-6-17-12-8-14-7-11(15-12)16-5-3-4-10(13)9-16/h7-8,10H,2-6,9,13H2,1H3. The molecule has 0 bridgehead atoms. The van der Waals surface area contributed by atoms with Crippen molar-refractivity contribution < 1.29 is 4.74 Å². The first kappa shape index (κ1) is 12.1. The third-order valence-corrected chi connectivity index (χ3v) is 2.84. The molecule has 1 aliphatic rings. The molecule has 94 valence electrons. The predicted molar refractivity (Wildman–Crippen MR) is 67.2 cm³/mol. The van der Waals surface area contributed by atoms with Crippen LogP contribution in [-0.2, 0) is 0 Å². The van der Waals surface area contributed by atoms with Gasteiger partial charge in [-0.25, -0.2) is 0 Å². The molecule has 0 aromatic carbocycles. The average molecular weight is 236 g/mol. The number of rotatable bonds is 4. The lowest BCUT2D eigenvalue weighted by atomic mass is 10.1. The van der Waals surface area contributed by atoms with Gasteiger partial charge in [0.05, 0.1) is 19.0 Å². The Kier molecular flexibility index (Phi) is 4.14. The van der Waals surface area contributed by atoms with E-state index in [1.54, 1.807) is 12.4 Å². The minimum Gasteiger partial charge on any atom is -0.477 e. The minimum atomic E-state index is 0.241. The molecule has 2 rings (SSSR count). The van der Waals surface area contributed by atoms with Crippen LogP contribution in [0.2, 0.25) is 0 Å². The maximum absolute atomic E-state index is 5.96. The number of aromatic nitrogens is 2. The molecule has 0 saturated carbocycles. The van der Waals surface area contributed by atoms with Gasteiger partial charge in [0.2, 0.25) is 5.88 Å². The minimum absolute atomic E-state index is 0.241. The molecule has 0 radical (unpaired) electrons. The Morgan fingerprint density at radius 3 is 3.18 bits per heavy atom.